The third-order valence-corrected chi connectivity index (χ3v) is 5.34. The highest BCUT2D eigenvalue weighted by Gasteiger charge is 2.28. The molecule has 8 heteroatoms. The molecular weight excluding hydrogens is 346 g/mol. The van der Waals surface area contributed by atoms with Crippen molar-refractivity contribution in [1.82, 2.24) is 20.4 Å². The van der Waals surface area contributed by atoms with Gasteiger partial charge in [-0.15, -0.1) is 0 Å². The number of nitrogens with one attached hydrogen (secondary N) is 3. The van der Waals surface area contributed by atoms with E-state index in [9.17, 15) is 14.7 Å². The van der Waals surface area contributed by atoms with Crippen LogP contribution in [0, 0.1) is 5.92 Å². The number of aliphatic hydroxyl groups excluding tert-OH is 1. The number of aryl methyl sites for hydroxylation is 1. The molecular formula is C19H23N5O3. The molecule has 0 saturated carbocycles. The maximum atomic E-state index is 12.2. The maximum absolute atomic E-state index is 12.2. The van der Waals surface area contributed by atoms with Crippen LogP contribution in [-0.2, 0) is 16.6 Å². The summed E-state index contributed by atoms with van der Waals surface area (Å²) in [6.07, 6.45) is 3.91. The van der Waals surface area contributed by atoms with Gasteiger partial charge in [-0.25, -0.2) is 0 Å². The number of benzene rings is 1. The number of anilines is 1. The summed E-state index contributed by atoms with van der Waals surface area (Å²) >= 11 is 0. The van der Waals surface area contributed by atoms with E-state index in [-0.39, 0.29) is 24.5 Å². The number of aliphatic hydroxyl groups is 1. The molecule has 3 heterocycles. The van der Waals surface area contributed by atoms with Crippen LogP contribution in [0.25, 0.3) is 10.9 Å². The lowest BCUT2D eigenvalue weighted by molar-refractivity contribution is -0.129. The number of aromatic nitrogens is 2. The monoisotopic (exact) mass is 369 g/mol. The summed E-state index contributed by atoms with van der Waals surface area (Å²) in [6, 6.07) is 6.14. The second kappa shape index (κ2) is 7.13. The number of carbonyl (C=O) groups excluding carboxylic acids is 2. The van der Waals surface area contributed by atoms with Crippen LogP contribution in [0.4, 0.5) is 5.69 Å². The summed E-state index contributed by atoms with van der Waals surface area (Å²) in [6.45, 7) is 1.87. The van der Waals surface area contributed by atoms with Crippen LogP contribution in [0.2, 0.25) is 0 Å². The van der Waals surface area contributed by atoms with Gasteiger partial charge in [-0.1, -0.05) is 6.08 Å². The summed E-state index contributed by atoms with van der Waals surface area (Å²) < 4.78 is 1.75. The molecule has 1 aromatic heterocycles. The Morgan fingerprint density at radius 2 is 2.22 bits per heavy atom. The first-order valence-corrected chi connectivity index (χ1v) is 9.14. The molecule has 4 N–H and O–H groups in total. The molecule has 2 aliphatic rings. The Hall–Kier alpha value is -2.71. The van der Waals surface area contributed by atoms with Crippen LogP contribution in [0.1, 0.15) is 18.0 Å². The molecule has 0 aliphatic carbocycles. The van der Waals surface area contributed by atoms with Gasteiger partial charge in [0.05, 0.1) is 11.2 Å². The lowest BCUT2D eigenvalue weighted by atomic mass is 9.93. The van der Waals surface area contributed by atoms with E-state index in [1.807, 2.05) is 25.2 Å². The predicted molar refractivity (Wildman–Crippen MR) is 101 cm³/mol. The SMILES string of the molecule is Cn1nc(C2C=CC(=O)NC2=O)c2ccc(N[C@H]3CCNC[C@H]3CO)cc21. The zero-order valence-electron chi connectivity index (χ0n) is 15.1. The Bertz CT molecular complexity index is 919. The predicted octanol–water partition coefficient (Wildman–Crippen LogP) is 0.252. The van der Waals surface area contributed by atoms with Crippen LogP contribution in [0.15, 0.2) is 30.4 Å². The average molecular weight is 369 g/mol. The van der Waals surface area contributed by atoms with E-state index in [0.29, 0.717) is 5.69 Å². The number of amides is 2. The molecule has 0 radical (unpaired) electrons. The van der Waals surface area contributed by atoms with Gasteiger partial charge in [0.25, 0.3) is 0 Å². The van der Waals surface area contributed by atoms with Gasteiger partial charge in [-0.3, -0.25) is 19.6 Å². The van der Waals surface area contributed by atoms with Gasteiger partial charge in [-0.05, 0) is 31.2 Å². The molecule has 0 bridgehead atoms. The fraction of sp³-hybridized carbons (Fsp3) is 0.421. The van der Waals surface area contributed by atoms with Crippen molar-refractivity contribution < 1.29 is 14.7 Å². The normalized spacial score (nSPS) is 25.6. The second-order valence-corrected chi connectivity index (χ2v) is 7.12. The van der Waals surface area contributed by atoms with E-state index in [1.54, 1.807) is 10.8 Å². The number of imide groups is 1. The molecule has 1 saturated heterocycles. The Kier molecular flexibility index (Phi) is 4.67. The van der Waals surface area contributed by atoms with Crippen LogP contribution < -0.4 is 16.0 Å². The molecule has 8 nitrogen and oxygen atoms in total. The summed E-state index contributed by atoms with van der Waals surface area (Å²) in [5, 5.41) is 24.1. The Labute approximate surface area is 156 Å². The molecule has 0 spiro atoms. The first-order chi connectivity index (χ1) is 13.1. The van der Waals surface area contributed by atoms with E-state index < -0.39 is 11.8 Å². The van der Waals surface area contributed by atoms with E-state index in [4.69, 9.17) is 0 Å². The third-order valence-electron chi connectivity index (χ3n) is 5.34. The van der Waals surface area contributed by atoms with Gasteiger partial charge in [0.1, 0.15) is 5.92 Å². The van der Waals surface area contributed by atoms with Crippen molar-refractivity contribution in [3.05, 3.63) is 36.0 Å². The van der Waals surface area contributed by atoms with Crippen LogP contribution in [-0.4, -0.2) is 52.4 Å². The molecule has 27 heavy (non-hydrogen) atoms. The Balaban J connectivity index is 1.64. The lowest BCUT2D eigenvalue weighted by Gasteiger charge is -2.32. The van der Waals surface area contributed by atoms with Gasteiger partial charge in [0.15, 0.2) is 0 Å². The molecule has 2 aromatic rings. The number of carbonyl (C=O) groups is 2. The van der Waals surface area contributed by atoms with Gasteiger partial charge in [-0.2, -0.15) is 5.10 Å². The van der Waals surface area contributed by atoms with Crippen LogP contribution >= 0.6 is 0 Å². The number of rotatable bonds is 4. The minimum absolute atomic E-state index is 0.143. The van der Waals surface area contributed by atoms with Crippen molar-refractivity contribution in [3.8, 4) is 0 Å². The summed E-state index contributed by atoms with van der Waals surface area (Å²) in [5.74, 6) is -1.16. The van der Waals surface area contributed by atoms with E-state index in [1.165, 1.54) is 6.08 Å². The quantitative estimate of drug-likeness (QED) is 0.576. The summed E-state index contributed by atoms with van der Waals surface area (Å²) in [4.78, 5) is 23.5. The third kappa shape index (κ3) is 3.33. The van der Waals surface area contributed by atoms with E-state index in [0.717, 1.165) is 36.1 Å². The summed E-state index contributed by atoms with van der Waals surface area (Å²) in [5.41, 5.74) is 2.50. The van der Waals surface area contributed by atoms with Crippen LogP contribution in [0.5, 0.6) is 0 Å². The molecule has 3 atom stereocenters. The summed E-state index contributed by atoms with van der Waals surface area (Å²) in [7, 11) is 1.84. The van der Waals surface area contributed by atoms with Crippen molar-refractivity contribution in [2.24, 2.45) is 13.0 Å². The minimum atomic E-state index is -0.576. The molecule has 1 fully saturated rings. The van der Waals surface area contributed by atoms with Gasteiger partial charge in [0.2, 0.25) is 11.8 Å². The molecule has 1 aromatic carbocycles. The molecule has 1 unspecified atom stereocenters. The van der Waals surface area contributed by atoms with Gasteiger partial charge in [0, 0.05) is 49.3 Å². The number of nitrogens with zero attached hydrogens (tertiary/aromatic N) is 2. The highest BCUT2D eigenvalue weighted by atomic mass is 16.3. The highest BCUT2D eigenvalue weighted by molar-refractivity contribution is 6.08. The maximum Gasteiger partial charge on any atom is 0.250 e. The first-order valence-electron chi connectivity index (χ1n) is 9.14. The number of fused-ring (bicyclic) bond motifs is 1. The average Bonchev–Trinajstić information content (AvgIpc) is 2.98. The topological polar surface area (TPSA) is 108 Å². The van der Waals surface area contributed by atoms with E-state index >= 15 is 0 Å². The molecule has 4 rings (SSSR count). The van der Waals surface area contributed by atoms with Crippen molar-refractivity contribution in [1.29, 1.82) is 0 Å². The molecule has 142 valence electrons. The fourth-order valence-electron chi connectivity index (χ4n) is 3.85. The van der Waals surface area contributed by atoms with Gasteiger partial charge < -0.3 is 15.7 Å². The van der Waals surface area contributed by atoms with Crippen molar-refractivity contribution in [2.45, 2.75) is 18.4 Å². The Morgan fingerprint density at radius 1 is 1.37 bits per heavy atom. The fourth-order valence-corrected chi connectivity index (χ4v) is 3.85. The molecule has 2 amide bonds. The van der Waals surface area contributed by atoms with E-state index in [2.05, 4.69) is 21.0 Å². The van der Waals surface area contributed by atoms with Crippen molar-refractivity contribution in [3.63, 3.8) is 0 Å². The second-order valence-electron chi connectivity index (χ2n) is 7.12. The standard InChI is InChI=1S/C19H23N5O3/c1-24-16-8-12(21-15-6-7-20-9-11(15)10-25)2-3-13(16)18(23-24)14-4-5-17(26)22-19(14)27/h2-5,8,11,14-15,20-21,25H,6-7,9-10H2,1H3,(H,22,26,27)/t11-,14?,15-/m0/s1. The lowest BCUT2D eigenvalue weighted by Crippen LogP contribution is -2.45. The number of piperidine rings is 1. The van der Waals surface area contributed by atoms with Crippen molar-refractivity contribution >= 4 is 28.4 Å². The zero-order valence-corrected chi connectivity index (χ0v) is 15.1. The Morgan fingerprint density at radius 3 is 3.00 bits per heavy atom. The van der Waals surface area contributed by atoms with Crippen molar-refractivity contribution in [2.75, 3.05) is 25.0 Å². The number of hydrogen-bond acceptors (Lipinski definition) is 6. The molecule has 2 aliphatic heterocycles. The largest absolute Gasteiger partial charge is 0.396 e. The smallest absolute Gasteiger partial charge is 0.250 e. The minimum Gasteiger partial charge on any atom is -0.396 e. The first kappa shape index (κ1) is 17.7. The van der Waals surface area contributed by atoms with Crippen LogP contribution in [0.3, 0.4) is 0 Å². The zero-order chi connectivity index (χ0) is 19.0. The highest BCUT2D eigenvalue weighted by Crippen LogP contribution is 2.30. The number of hydrogen-bond donors (Lipinski definition) is 4. The van der Waals surface area contributed by atoms with Gasteiger partial charge >= 0.3 is 0 Å².